The average Bonchev–Trinajstić information content (AvgIpc) is 3.16. The van der Waals surface area contributed by atoms with Crippen LogP contribution in [0.4, 0.5) is 11.4 Å². The largest absolute Gasteiger partial charge is 0.496 e. The normalized spacial score (nSPS) is 10.6. The van der Waals surface area contributed by atoms with Crippen molar-refractivity contribution in [3.8, 4) is 17.1 Å². The number of amides is 1. The molecule has 0 atom stereocenters. The lowest BCUT2D eigenvalue weighted by Crippen LogP contribution is -2.14. The van der Waals surface area contributed by atoms with E-state index in [1.807, 2.05) is 35.8 Å². The molecule has 0 aliphatic heterocycles. The van der Waals surface area contributed by atoms with Gasteiger partial charge in [0.15, 0.2) is 11.0 Å². The molecule has 0 aliphatic rings. The van der Waals surface area contributed by atoms with E-state index in [1.165, 1.54) is 30.0 Å². The van der Waals surface area contributed by atoms with E-state index in [4.69, 9.17) is 16.3 Å². The predicted octanol–water partition coefficient (Wildman–Crippen LogP) is 4.27. The van der Waals surface area contributed by atoms with E-state index in [2.05, 4.69) is 15.5 Å². The third-order valence-electron chi connectivity index (χ3n) is 4.14. The Labute approximate surface area is 181 Å². The van der Waals surface area contributed by atoms with E-state index < -0.39 is 4.92 Å². The molecule has 2 aromatic carbocycles. The maximum atomic E-state index is 12.3. The highest BCUT2D eigenvalue weighted by molar-refractivity contribution is 7.99. The van der Waals surface area contributed by atoms with Crippen LogP contribution < -0.4 is 10.1 Å². The van der Waals surface area contributed by atoms with E-state index in [1.54, 1.807) is 7.11 Å². The molecule has 0 spiro atoms. The van der Waals surface area contributed by atoms with E-state index in [9.17, 15) is 14.9 Å². The molecule has 9 nitrogen and oxygen atoms in total. The fourth-order valence-electron chi connectivity index (χ4n) is 2.77. The van der Waals surface area contributed by atoms with Crippen LogP contribution in [0.2, 0.25) is 5.02 Å². The summed E-state index contributed by atoms with van der Waals surface area (Å²) in [7, 11) is 1.59. The lowest BCUT2D eigenvalue weighted by atomic mass is 10.2. The van der Waals surface area contributed by atoms with E-state index in [0.29, 0.717) is 29.0 Å². The number of rotatable bonds is 8. The van der Waals surface area contributed by atoms with Crippen LogP contribution in [0.1, 0.15) is 6.92 Å². The summed E-state index contributed by atoms with van der Waals surface area (Å²) in [6.45, 7) is 2.56. The Kier molecular flexibility index (Phi) is 6.91. The molecule has 0 unspecified atom stereocenters. The van der Waals surface area contributed by atoms with Gasteiger partial charge in [-0.1, -0.05) is 35.5 Å². The first-order valence-electron chi connectivity index (χ1n) is 8.87. The third-order valence-corrected chi connectivity index (χ3v) is 5.43. The number of nitro groups is 1. The Bertz CT molecular complexity index is 1090. The van der Waals surface area contributed by atoms with Crippen LogP contribution in [-0.2, 0) is 11.3 Å². The number of thioether (sulfide) groups is 1. The van der Waals surface area contributed by atoms with Crippen molar-refractivity contribution in [2.45, 2.75) is 18.6 Å². The molecule has 1 heterocycles. The second kappa shape index (κ2) is 9.59. The van der Waals surface area contributed by atoms with Crippen LogP contribution in [0.25, 0.3) is 11.4 Å². The molecule has 0 saturated heterocycles. The summed E-state index contributed by atoms with van der Waals surface area (Å²) >= 11 is 7.01. The van der Waals surface area contributed by atoms with Crippen molar-refractivity contribution < 1.29 is 14.5 Å². The summed E-state index contributed by atoms with van der Waals surface area (Å²) in [4.78, 5) is 22.7. The lowest BCUT2D eigenvalue weighted by Gasteiger charge is -2.10. The molecule has 0 radical (unpaired) electrons. The van der Waals surface area contributed by atoms with Crippen molar-refractivity contribution in [1.82, 2.24) is 14.8 Å². The van der Waals surface area contributed by atoms with Crippen LogP contribution in [-0.4, -0.2) is 38.5 Å². The zero-order valence-corrected chi connectivity index (χ0v) is 17.7. The van der Waals surface area contributed by atoms with Crippen molar-refractivity contribution in [2.75, 3.05) is 18.2 Å². The fraction of sp³-hybridized carbons (Fsp3) is 0.211. The number of para-hydroxylation sites is 1. The van der Waals surface area contributed by atoms with Gasteiger partial charge in [0, 0.05) is 18.3 Å². The number of anilines is 1. The number of benzene rings is 2. The van der Waals surface area contributed by atoms with Crippen molar-refractivity contribution >= 4 is 40.6 Å². The monoisotopic (exact) mass is 447 g/mol. The topological polar surface area (TPSA) is 112 Å². The number of aromatic nitrogens is 3. The molecule has 1 amide bonds. The molecule has 30 heavy (non-hydrogen) atoms. The smallest absolute Gasteiger partial charge is 0.289 e. The van der Waals surface area contributed by atoms with Crippen LogP contribution in [0.3, 0.4) is 0 Å². The number of hydrogen-bond acceptors (Lipinski definition) is 7. The van der Waals surface area contributed by atoms with Crippen molar-refractivity contribution in [3.05, 3.63) is 57.6 Å². The number of nitro benzene ring substituents is 1. The van der Waals surface area contributed by atoms with Crippen LogP contribution in [0.15, 0.2) is 47.6 Å². The maximum Gasteiger partial charge on any atom is 0.289 e. The van der Waals surface area contributed by atoms with Gasteiger partial charge in [-0.25, -0.2) is 0 Å². The average molecular weight is 448 g/mol. The van der Waals surface area contributed by atoms with Crippen molar-refractivity contribution in [1.29, 1.82) is 0 Å². The maximum absolute atomic E-state index is 12.3. The second-order valence-electron chi connectivity index (χ2n) is 6.01. The minimum absolute atomic E-state index is 0.00675. The quantitative estimate of drug-likeness (QED) is 0.311. The zero-order chi connectivity index (χ0) is 21.7. The summed E-state index contributed by atoms with van der Waals surface area (Å²) in [6.07, 6.45) is 0. The summed E-state index contributed by atoms with van der Waals surface area (Å²) < 4.78 is 7.29. The molecule has 156 valence electrons. The molecular formula is C19H18ClN5O4S. The summed E-state index contributed by atoms with van der Waals surface area (Å²) in [5.41, 5.74) is 0.830. The number of carbonyl (C=O) groups excluding carboxylic acids is 1. The van der Waals surface area contributed by atoms with E-state index in [0.717, 1.165) is 5.56 Å². The number of hydrogen-bond donors (Lipinski definition) is 1. The Balaban J connectivity index is 1.72. The van der Waals surface area contributed by atoms with Gasteiger partial charge < -0.3 is 14.6 Å². The summed E-state index contributed by atoms with van der Waals surface area (Å²) in [5, 5.41) is 22.7. The highest BCUT2D eigenvalue weighted by Crippen LogP contribution is 2.31. The standard InChI is InChI=1S/C19H18ClN5O4S/c1-3-24-18(13-6-4-5-7-16(13)29-2)22-23-19(24)30-11-17(26)21-12-8-9-14(20)15(10-12)25(27)28/h4-10H,3,11H2,1-2H3,(H,21,26). The number of carbonyl (C=O) groups is 1. The Morgan fingerprint density at radius 1 is 1.30 bits per heavy atom. The van der Waals surface area contributed by atoms with Gasteiger partial charge >= 0.3 is 0 Å². The molecule has 3 rings (SSSR count). The van der Waals surface area contributed by atoms with Gasteiger partial charge in [0.25, 0.3) is 5.69 Å². The lowest BCUT2D eigenvalue weighted by molar-refractivity contribution is -0.384. The number of methoxy groups -OCH3 is 1. The predicted molar refractivity (Wildman–Crippen MR) is 115 cm³/mol. The SMILES string of the molecule is CCn1c(SCC(=O)Nc2ccc(Cl)c([N+](=O)[O-])c2)nnc1-c1ccccc1OC. The molecule has 3 aromatic rings. The first-order chi connectivity index (χ1) is 14.4. The van der Waals surface area contributed by atoms with Crippen molar-refractivity contribution in [3.63, 3.8) is 0 Å². The number of halogens is 1. The summed E-state index contributed by atoms with van der Waals surface area (Å²) in [6, 6.07) is 11.6. The Morgan fingerprint density at radius 2 is 2.07 bits per heavy atom. The molecule has 0 saturated carbocycles. The first kappa shape index (κ1) is 21.6. The van der Waals surface area contributed by atoms with Gasteiger partial charge in [-0.2, -0.15) is 0 Å². The van der Waals surface area contributed by atoms with Crippen LogP contribution in [0.5, 0.6) is 5.75 Å². The number of nitrogens with one attached hydrogen (secondary N) is 1. The van der Waals surface area contributed by atoms with Crippen LogP contribution >= 0.6 is 23.4 Å². The van der Waals surface area contributed by atoms with Gasteiger partial charge in [0.05, 0.1) is 23.3 Å². The minimum Gasteiger partial charge on any atom is -0.496 e. The van der Waals surface area contributed by atoms with Crippen molar-refractivity contribution in [2.24, 2.45) is 0 Å². The molecule has 0 fully saturated rings. The van der Waals surface area contributed by atoms with Crippen LogP contribution in [0, 0.1) is 10.1 Å². The third kappa shape index (κ3) is 4.71. The molecular weight excluding hydrogens is 430 g/mol. The van der Waals surface area contributed by atoms with Gasteiger partial charge in [0.1, 0.15) is 10.8 Å². The van der Waals surface area contributed by atoms with Gasteiger partial charge in [-0.05, 0) is 31.2 Å². The zero-order valence-electron chi connectivity index (χ0n) is 16.2. The molecule has 1 aromatic heterocycles. The number of ether oxygens (including phenoxy) is 1. The highest BCUT2D eigenvalue weighted by Gasteiger charge is 2.18. The second-order valence-corrected chi connectivity index (χ2v) is 7.36. The molecule has 1 N–H and O–H groups in total. The molecule has 11 heteroatoms. The molecule has 0 aliphatic carbocycles. The first-order valence-corrected chi connectivity index (χ1v) is 10.2. The Morgan fingerprint density at radius 3 is 2.77 bits per heavy atom. The van der Waals surface area contributed by atoms with Gasteiger partial charge in [-0.15, -0.1) is 10.2 Å². The van der Waals surface area contributed by atoms with Gasteiger partial charge in [-0.3, -0.25) is 14.9 Å². The Hall–Kier alpha value is -3.11. The molecule has 0 bridgehead atoms. The van der Waals surface area contributed by atoms with Gasteiger partial charge in [0.2, 0.25) is 5.91 Å². The summed E-state index contributed by atoms with van der Waals surface area (Å²) in [5.74, 6) is 1.05. The fourth-order valence-corrected chi connectivity index (χ4v) is 3.76. The minimum atomic E-state index is -0.601. The number of nitrogens with zero attached hydrogens (tertiary/aromatic N) is 4. The highest BCUT2D eigenvalue weighted by atomic mass is 35.5. The van der Waals surface area contributed by atoms with E-state index >= 15 is 0 Å². The van der Waals surface area contributed by atoms with E-state index in [-0.39, 0.29) is 22.4 Å².